The van der Waals surface area contributed by atoms with Gasteiger partial charge in [-0.05, 0) is 35.9 Å². The van der Waals surface area contributed by atoms with Gasteiger partial charge in [0.2, 0.25) is 0 Å². The molecule has 0 aliphatic carbocycles. The zero-order valence-electron chi connectivity index (χ0n) is 12.4. The Morgan fingerprint density at radius 3 is 2.56 bits per heavy atom. The van der Waals surface area contributed by atoms with Crippen LogP contribution in [0.3, 0.4) is 0 Å². The second-order valence-corrected chi connectivity index (χ2v) is 7.17. The number of carboxylic acid groups (broad SMARTS) is 1. The van der Waals surface area contributed by atoms with Gasteiger partial charge in [0.05, 0.1) is 16.2 Å². The lowest BCUT2D eigenvalue weighted by Crippen LogP contribution is -2.27. The normalized spacial score (nSPS) is 15.9. The quantitative estimate of drug-likeness (QED) is 0.638. The van der Waals surface area contributed by atoms with Crippen LogP contribution in [0.15, 0.2) is 47.4 Å². The van der Waals surface area contributed by atoms with Gasteiger partial charge in [-0.1, -0.05) is 59.5 Å². The number of thiocarbonyl (C=S) groups is 1. The van der Waals surface area contributed by atoms with E-state index in [9.17, 15) is 14.7 Å². The Bertz CT molecular complexity index is 925. The Balaban J connectivity index is 1.95. The van der Waals surface area contributed by atoms with Gasteiger partial charge in [-0.3, -0.25) is 9.69 Å². The SMILES string of the molecule is O=C(O)c1cc(N2C(=O)/C(=C/c3ccc(Cl)cc3)SC2=S)ccc1[O-]. The third-order valence-corrected chi connectivity index (χ3v) is 4.97. The molecule has 1 fully saturated rings. The highest BCUT2D eigenvalue weighted by Crippen LogP contribution is 2.37. The van der Waals surface area contributed by atoms with Gasteiger partial charge in [-0.15, -0.1) is 0 Å². The lowest BCUT2D eigenvalue weighted by molar-refractivity contribution is -0.268. The number of anilines is 1. The summed E-state index contributed by atoms with van der Waals surface area (Å²) in [4.78, 5) is 25.4. The number of amides is 1. The van der Waals surface area contributed by atoms with Crippen LogP contribution in [0.25, 0.3) is 6.08 Å². The number of halogens is 1. The number of carbonyl (C=O) groups excluding carboxylic acids is 1. The molecule has 5 nitrogen and oxygen atoms in total. The number of carbonyl (C=O) groups is 2. The first kappa shape index (κ1) is 17.5. The average molecular weight is 391 g/mol. The third kappa shape index (κ3) is 3.53. The van der Waals surface area contributed by atoms with Crippen molar-refractivity contribution in [3.63, 3.8) is 0 Å². The minimum absolute atomic E-state index is 0.249. The van der Waals surface area contributed by atoms with E-state index in [0.717, 1.165) is 29.5 Å². The Labute approximate surface area is 157 Å². The molecule has 1 amide bonds. The van der Waals surface area contributed by atoms with Gasteiger partial charge in [0, 0.05) is 5.02 Å². The van der Waals surface area contributed by atoms with Crippen LogP contribution in [0.5, 0.6) is 5.75 Å². The number of thioether (sulfide) groups is 1. The molecule has 1 heterocycles. The van der Waals surface area contributed by atoms with E-state index in [-0.39, 0.29) is 15.9 Å². The van der Waals surface area contributed by atoms with Gasteiger partial charge in [0.1, 0.15) is 0 Å². The Morgan fingerprint density at radius 2 is 1.92 bits per heavy atom. The molecule has 1 aliphatic heterocycles. The monoisotopic (exact) mass is 390 g/mol. The number of hydrogen-bond donors (Lipinski definition) is 1. The minimum atomic E-state index is -1.35. The first-order valence-electron chi connectivity index (χ1n) is 6.94. The summed E-state index contributed by atoms with van der Waals surface area (Å²) in [5, 5.41) is 21.2. The molecule has 2 aromatic carbocycles. The number of carboxylic acids is 1. The average Bonchev–Trinajstić information content (AvgIpc) is 2.84. The summed E-state index contributed by atoms with van der Waals surface area (Å²) in [7, 11) is 0. The van der Waals surface area contributed by atoms with E-state index < -0.39 is 17.3 Å². The summed E-state index contributed by atoms with van der Waals surface area (Å²) in [6.07, 6.45) is 1.68. The molecule has 8 heteroatoms. The van der Waals surface area contributed by atoms with Crippen molar-refractivity contribution in [2.75, 3.05) is 4.90 Å². The van der Waals surface area contributed by atoms with Crippen LogP contribution in [-0.4, -0.2) is 21.3 Å². The molecular weight excluding hydrogens is 382 g/mol. The maximum absolute atomic E-state index is 12.7. The van der Waals surface area contributed by atoms with Crippen LogP contribution in [0, 0.1) is 0 Å². The molecule has 0 spiro atoms. The van der Waals surface area contributed by atoms with Crippen molar-refractivity contribution in [2.24, 2.45) is 0 Å². The van der Waals surface area contributed by atoms with Gasteiger partial charge in [-0.2, -0.15) is 0 Å². The van der Waals surface area contributed by atoms with E-state index in [0.29, 0.717) is 9.93 Å². The number of aromatic carboxylic acids is 1. The van der Waals surface area contributed by atoms with E-state index in [1.54, 1.807) is 30.3 Å². The van der Waals surface area contributed by atoms with Crippen LogP contribution < -0.4 is 10.0 Å². The first-order chi connectivity index (χ1) is 11.9. The lowest BCUT2D eigenvalue weighted by Gasteiger charge is -2.18. The van der Waals surface area contributed by atoms with E-state index in [1.807, 2.05) is 0 Å². The number of rotatable bonds is 3. The molecule has 3 rings (SSSR count). The van der Waals surface area contributed by atoms with Gasteiger partial charge in [-0.25, -0.2) is 4.79 Å². The van der Waals surface area contributed by atoms with Crippen molar-refractivity contribution >= 4 is 63.5 Å². The van der Waals surface area contributed by atoms with Crippen LogP contribution in [0.1, 0.15) is 15.9 Å². The Kier molecular flexibility index (Phi) is 4.80. The molecular formula is C17H9ClNO4S2-. The van der Waals surface area contributed by atoms with Gasteiger partial charge in [0.15, 0.2) is 4.32 Å². The highest BCUT2D eigenvalue weighted by molar-refractivity contribution is 8.27. The predicted octanol–water partition coefficient (Wildman–Crippen LogP) is 3.52. The summed E-state index contributed by atoms with van der Waals surface area (Å²) in [5.74, 6) is -2.35. The molecule has 0 saturated carbocycles. The molecule has 126 valence electrons. The predicted molar refractivity (Wildman–Crippen MR) is 100.0 cm³/mol. The maximum Gasteiger partial charge on any atom is 0.335 e. The zero-order valence-corrected chi connectivity index (χ0v) is 14.8. The fourth-order valence-corrected chi connectivity index (χ4v) is 3.65. The van der Waals surface area contributed by atoms with Gasteiger partial charge < -0.3 is 10.2 Å². The molecule has 25 heavy (non-hydrogen) atoms. The lowest BCUT2D eigenvalue weighted by atomic mass is 10.1. The van der Waals surface area contributed by atoms with Crippen molar-refractivity contribution in [2.45, 2.75) is 0 Å². The number of nitrogens with zero attached hydrogens (tertiary/aromatic N) is 1. The van der Waals surface area contributed by atoms with Crippen molar-refractivity contribution < 1.29 is 19.8 Å². The fraction of sp³-hybridized carbons (Fsp3) is 0. The summed E-state index contributed by atoms with van der Waals surface area (Å²) in [6, 6.07) is 10.6. The third-order valence-electron chi connectivity index (χ3n) is 3.41. The van der Waals surface area contributed by atoms with E-state index in [4.69, 9.17) is 28.9 Å². The zero-order chi connectivity index (χ0) is 18.1. The molecule has 1 aliphatic rings. The summed E-state index contributed by atoms with van der Waals surface area (Å²) in [5.41, 5.74) is 0.623. The number of hydrogen-bond acceptors (Lipinski definition) is 5. The highest BCUT2D eigenvalue weighted by Gasteiger charge is 2.33. The standard InChI is InChI=1S/C17H10ClNO4S2/c18-10-3-1-9(2-4-10)7-14-15(21)19(17(24)25-14)11-5-6-13(20)12(8-11)16(22)23/h1-8,20H,(H,22,23)/p-1/b14-7-. The first-order valence-corrected chi connectivity index (χ1v) is 8.55. The van der Waals surface area contributed by atoms with Gasteiger partial charge >= 0.3 is 5.97 Å². The summed E-state index contributed by atoms with van der Waals surface area (Å²) >= 11 is 12.2. The summed E-state index contributed by atoms with van der Waals surface area (Å²) in [6.45, 7) is 0. The molecule has 0 aromatic heterocycles. The fourth-order valence-electron chi connectivity index (χ4n) is 2.22. The maximum atomic E-state index is 12.7. The molecule has 2 aromatic rings. The van der Waals surface area contributed by atoms with E-state index in [2.05, 4.69) is 0 Å². The van der Waals surface area contributed by atoms with E-state index >= 15 is 0 Å². The molecule has 0 atom stereocenters. The minimum Gasteiger partial charge on any atom is -0.872 e. The molecule has 0 bridgehead atoms. The topological polar surface area (TPSA) is 80.7 Å². The van der Waals surface area contributed by atoms with Crippen molar-refractivity contribution in [1.82, 2.24) is 0 Å². The second-order valence-electron chi connectivity index (χ2n) is 5.05. The van der Waals surface area contributed by atoms with Crippen LogP contribution in [0.4, 0.5) is 5.69 Å². The van der Waals surface area contributed by atoms with Gasteiger partial charge in [0.25, 0.3) is 5.91 Å². The number of benzene rings is 2. The Hall–Kier alpha value is -2.35. The van der Waals surface area contributed by atoms with Crippen LogP contribution >= 0.6 is 35.6 Å². The van der Waals surface area contributed by atoms with Crippen LogP contribution in [-0.2, 0) is 4.79 Å². The summed E-state index contributed by atoms with van der Waals surface area (Å²) < 4.78 is 0.264. The molecule has 1 N–H and O–H groups in total. The van der Waals surface area contributed by atoms with Crippen molar-refractivity contribution in [3.8, 4) is 5.75 Å². The van der Waals surface area contributed by atoms with Crippen molar-refractivity contribution in [1.29, 1.82) is 0 Å². The highest BCUT2D eigenvalue weighted by atomic mass is 35.5. The smallest absolute Gasteiger partial charge is 0.335 e. The molecule has 0 unspecified atom stereocenters. The van der Waals surface area contributed by atoms with Crippen molar-refractivity contribution in [3.05, 3.63) is 63.5 Å². The largest absolute Gasteiger partial charge is 0.872 e. The van der Waals surface area contributed by atoms with Crippen LogP contribution in [0.2, 0.25) is 5.02 Å². The second kappa shape index (κ2) is 6.87. The van der Waals surface area contributed by atoms with E-state index in [1.165, 1.54) is 11.0 Å². The molecule has 1 saturated heterocycles. The Morgan fingerprint density at radius 1 is 1.24 bits per heavy atom. The molecule has 0 radical (unpaired) electrons.